The molecule has 0 spiro atoms. The highest BCUT2D eigenvalue weighted by molar-refractivity contribution is 7.92. The summed E-state index contributed by atoms with van der Waals surface area (Å²) in [4.78, 5) is 27.2. The lowest BCUT2D eigenvalue weighted by atomic mass is 10.1. The van der Waals surface area contributed by atoms with Gasteiger partial charge in [-0.05, 0) is 56.2 Å². The molecule has 2 amide bonds. The molecule has 2 rings (SSSR count). The summed E-state index contributed by atoms with van der Waals surface area (Å²) in [6.07, 6.45) is 1.04. The first-order valence-corrected chi connectivity index (χ1v) is 12.6. The maximum Gasteiger partial charge on any atom is 0.244 e. The van der Waals surface area contributed by atoms with Crippen molar-refractivity contribution in [3.05, 3.63) is 63.6 Å². The Bertz CT molecular complexity index is 1090. The second-order valence-electron chi connectivity index (χ2n) is 7.44. The second kappa shape index (κ2) is 11.0. The molecule has 0 aliphatic heterocycles. The molecule has 2 aromatic rings. The van der Waals surface area contributed by atoms with E-state index < -0.39 is 28.5 Å². The molecular formula is C22H27Cl2N3O4S. The van der Waals surface area contributed by atoms with Crippen LogP contribution >= 0.6 is 23.2 Å². The Hall–Kier alpha value is -2.29. The van der Waals surface area contributed by atoms with Crippen molar-refractivity contribution >= 4 is 50.7 Å². The molecule has 10 heteroatoms. The number of benzene rings is 2. The first-order valence-electron chi connectivity index (χ1n) is 9.99. The molecule has 0 saturated carbocycles. The summed E-state index contributed by atoms with van der Waals surface area (Å²) in [7, 11) is -3.76. The van der Waals surface area contributed by atoms with Crippen molar-refractivity contribution in [3.63, 3.8) is 0 Å². The summed E-state index contributed by atoms with van der Waals surface area (Å²) in [5.41, 5.74) is 1.81. The number of nitrogens with zero attached hydrogens (tertiary/aromatic N) is 2. The molecule has 0 saturated heterocycles. The molecule has 0 aliphatic carbocycles. The van der Waals surface area contributed by atoms with E-state index in [4.69, 9.17) is 23.2 Å². The molecule has 2 aromatic carbocycles. The first kappa shape index (κ1) is 26.0. The maximum absolute atomic E-state index is 13.4. The zero-order valence-electron chi connectivity index (χ0n) is 18.4. The van der Waals surface area contributed by atoms with Crippen molar-refractivity contribution in [1.29, 1.82) is 0 Å². The van der Waals surface area contributed by atoms with E-state index in [-0.39, 0.29) is 12.5 Å². The highest BCUT2D eigenvalue weighted by Gasteiger charge is 2.30. The van der Waals surface area contributed by atoms with Gasteiger partial charge in [0.05, 0.1) is 11.9 Å². The number of halogens is 2. The largest absolute Gasteiger partial charge is 0.355 e. The normalized spacial score (nSPS) is 12.2. The summed E-state index contributed by atoms with van der Waals surface area (Å²) >= 11 is 12.3. The van der Waals surface area contributed by atoms with Crippen LogP contribution in [0.15, 0.2) is 42.5 Å². The topological polar surface area (TPSA) is 86.8 Å². The fourth-order valence-corrected chi connectivity index (χ4v) is 4.44. The van der Waals surface area contributed by atoms with Crippen molar-refractivity contribution in [2.24, 2.45) is 0 Å². The van der Waals surface area contributed by atoms with Crippen molar-refractivity contribution in [2.75, 3.05) is 23.7 Å². The zero-order chi connectivity index (χ0) is 24.1. The molecule has 0 radical (unpaired) electrons. The Morgan fingerprint density at radius 3 is 2.38 bits per heavy atom. The molecule has 0 unspecified atom stereocenters. The summed E-state index contributed by atoms with van der Waals surface area (Å²) < 4.78 is 26.0. The van der Waals surface area contributed by atoms with Crippen molar-refractivity contribution < 1.29 is 18.0 Å². The lowest BCUT2D eigenvalue weighted by Crippen LogP contribution is -2.51. The molecule has 174 valence electrons. The lowest BCUT2D eigenvalue weighted by molar-refractivity contribution is -0.139. The third-order valence-corrected chi connectivity index (χ3v) is 6.57. The number of carbonyl (C=O) groups is 2. The van der Waals surface area contributed by atoms with Gasteiger partial charge in [0.15, 0.2) is 0 Å². The molecule has 0 fully saturated rings. The summed E-state index contributed by atoms with van der Waals surface area (Å²) in [5.74, 6) is -0.894. The number of aryl methyl sites for hydroxylation is 1. The van der Waals surface area contributed by atoms with E-state index in [1.165, 1.54) is 4.90 Å². The van der Waals surface area contributed by atoms with Crippen LogP contribution < -0.4 is 9.62 Å². The minimum atomic E-state index is -3.76. The van der Waals surface area contributed by atoms with Gasteiger partial charge in [0, 0.05) is 23.1 Å². The van der Waals surface area contributed by atoms with Gasteiger partial charge in [0.25, 0.3) is 0 Å². The Morgan fingerprint density at radius 1 is 1.12 bits per heavy atom. The predicted octanol–water partition coefficient (Wildman–Crippen LogP) is 3.62. The molecule has 32 heavy (non-hydrogen) atoms. The van der Waals surface area contributed by atoms with E-state index in [0.717, 1.165) is 16.1 Å². The van der Waals surface area contributed by atoms with E-state index in [0.29, 0.717) is 27.8 Å². The van der Waals surface area contributed by atoms with Gasteiger partial charge >= 0.3 is 0 Å². The van der Waals surface area contributed by atoms with Crippen molar-refractivity contribution in [1.82, 2.24) is 10.2 Å². The fraction of sp³-hybridized carbons (Fsp3) is 0.364. The summed E-state index contributed by atoms with van der Waals surface area (Å²) in [6.45, 7) is 5.14. The average molecular weight is 500 g/mol. The van der Waals surface area contributed by atoms with Crippen LogP contribution in [0.1, 0.15) is 25.0 Å². The van der Waals surface area contributed by atoms with E-state index in [1.807, 2.05) is 13.0 Å². The predicted molar refractivity (Wildman–Crippen MR) is 129 cm³/mol. The van der Waals surface area contributed by atoms with Crippen LogP contribution in [0.2, 0.25) is 10.0 Å². The van der Waals surface area contributed by atoms with Gasteiger partial charge in [-0.1, -0.05) is 41.4 Å². The van der Waals surface area contributed by atoms with Crippen molar-refractivity contribution in [2.45, 2.75) is 33.4 Å². The van der Waals surface area contributed by atoms with Gasteiger partial charge in [0.2, 0.25) is 21.8 Å². The average Bonchev–Trinajstić information content (AvgIpc) is 2.70. The molecule has 1 atom stereocenters. The number of sulfonamides is 1. The third kappa shape index (κ3) is 6.85. The van der Waals surface area contributed by atoms with Crippen LogP contribution in [0.5, 0.6) is 0 Å². The minimum absolute atomic E-state index is 0.0125. The highest BCUT2D eigenvalue weighted by Crippen LogP contribution is 2.24. The quantitative estimate of drug-likeness (QED) is 0.570. The van der Waals surface area contributed by atoms with Crippen LogP contribution in [0, 0.1) is 6.92 Å². The maximum atomic E-state index is 13.4. The van der Waals surface area contributed by atoms with Gasteiger partial charge in [-0.3, -0.25) is 13.9 Å². The van der Waals surface area contributed by atoms with Crippen LogP contribution in [0.4, 0.5) is 5.69 Å². The minimum Gasteiger partial charge on any atom is -0.355 e. The van der Waals surface area contributed by atoms with E-state index in [1.54, 1.807) is 50.2 Å². The second-order valence-corrected chi connectivity index (χ2v) is 10.2. The Labute approximate surface area is 199 Å². The first-order chi connectivity index (χ1) is 14.9. The molecule has 0 bridgehead atoms. The van der Waals surface area contributed by atoms with Crippen LogP contribution in [0.25, 0.3) is 0 Å². The number of amides is 2. The number of anilines is 1. The van der Waals surface area contributed by atoms with Gasteiger partial charge in [0.1, 0.15) is 12.6 Å². The standard InChI is InChI=1S/C22H27Cl2N3O4S/c1-5-25-22(29)16(3)26(13-17-9-10-18(23)12-20(17)24)21(28)14-27(32(4,30)31)19-8-6-7-15(2)11-19/h6-12,16H,5,13-14H2,1-4H3,(H,25,29)/t16-/m0/s1. The van der Waals surface area contributed by atoms with Crippen molar-refractivity contribution in [3.8, 4) is 0 Å². The number of likely N-dealkylation sites (N-methyl/N-ethyl adjacent to an activating group) is 1. The van der Waals surface area contributed by atoms with Crippen LogP contribution in [-0.4, -0.2) is 50.5 Å². The molecule has 0 heterocycles. The van der Waals surface area contributed by atoms with E-state index in [2.05, 4.69) is 5.32 Å². The van der Waals surface area contributed by atoms with Gasteiger partial charge < -0.3 is 10.2 Å². The zero-order valence-corrected chi connectivity index (χ0v) is 20.8. The van der Waals surface area contributed by atoms with Gasteiger partial charge in [-0.15, -0.1) is 0 Å². The monoisotopic (exact) mass is 499 g/mol. The molecule has 1 N–H and O–H groups in total. The molecular weight excluding hydrogens is 473 g/mol. The van der Waals surface area contributed by atoms with E-state index in [9.17, 15) is 18.0 Å². The fourth-order valence-electron chi connectivity index (χ4n) is 3.13. The smallest absolute Gasteiger partial charge is 0.244 e. The van der Waals surface area contributed by atoms with Crippen LogP contribution in [-0.2, 0) is 26.2 Å². The van der Waals surface area contributed by atoms with Gasteiger partial charge in [-0.25, -0.2) is 8.42 Å². The number of nitrogens with one attached hydrogen (secondary N) is 1. The van der Waals surface area contributed by atoms with E-state index >= 15 is 0 Å². The summed E-state index contributed by atoms with van der Waals surface area (Å²) in [6, 6.07) is 10.9. The number of carbonyl (C=O) groups excluding carboxylic acids is 2. The SMILES string of the molecule is CCNC(=O)[C@H](C)N(Cc1ccc(Cl)cc1Cl)C(=O)CN(c1cccc(C)c1)S(C)(=O)=O. The summed E-state index contributed by atoms with van der Waals surface area (Å²) in [5, 5.41) is 3.48. The lowest BCUT2D eigenvalue weighted by Gasteiger charge is -2.31. The Morgan fingerprint density at radius 2 is 1.81 bits per heavy atom. The van der Waals surface area contributed by atoms with Gasteiger partial charge in [-0.2, -0.15) is 0 Å². The number of hydrogen-bond acceptors (Lipinski definition) is 4. The Kier molecular flexibility index (Phi) is 8.95. The molecule has 7 nitrogen and oxygen atoms in total. The molecule has 0 aromatic heterocycles. The Balaban J connectivity index is 2.41. The molecule has 0 aliphatic rings. The highest BCUT2D eigenvalue weighted by atomic mass is 35.5. The number of hydrogen-bond donors (Lipinski definition) is 1. The van der Waals surface area contributed by atoms with Crippen LogP contribution in [0.3, 0.4) is 0 Å². The third-order valence-electron chi connectivity index (χ3n) is 4.84. The number of rotatable bonds is 9.